The molecular formula is C12H20N4O2. The van der Waals surface area contributed by atoms with E-state index in [4.69, 9.17) is 15.2 Å². The van der Waals surface area contributed by atoms with Crippen molar-refractivity contribution in [2.24, 2.45) is 5.92 Å². The Bertz CT molecular complexity index is 380. The van der Waals surface area contributed by atoms with Crippen LogP contribution in [0.25, 0.3) is 0 Å². The van der Waals surface area contributed by atoms with E-state index in [0.717, 1.165) is 38.4 Å². The van der Waals surface area contributed by atoms with E-state index in [1.807, 2.05) is 0 Å². The molecule has 1 saturated heterocycles. The molecule has 0 saturated carbocycles. The van der Waals surface area contributed by atoms with Crippen LogP contribution in [0.4, 0.5) is 11.6 Å². The van der Waals surface area contributed by atoms with Gasteiger partial charge in [-0.15, -0.1) is 0 Å². The molecule has 2 rings (SSSR count). The fourth-order valence-corrected chi connectivity index (χ4v) is 2.00. The molecule has 0 bridgehead atoms. The topological polar surface area (TPSA) is 82.3 Å². The van der Waals surface area contributed by atoms with Gasteiger partial charge in [0.25, 0.3) is 0 Å². The summed E-state index contributed by atoms with van der Waals surface area (Å²) in [5, 5.41) is 3.31. The molecule has 0 radical (unpaired) electrons. The molecule has 1 aromatic rings. The van der Waals surface area contributed by atoms with Gasteiger partial charge in [-0.05, 0) is 18.8 Å². The van der Waals surface area contributed by atoms with Gasteiger partial charge in [0.15, 0.2) is 5.82 Å². The van der Waals surface area contributed by atoms with Gasteiger partial charge in [-0.2, -0.15) is 0 Å². The quantitative estimate of drug-likeness (QED) is 0.815. The van der Waals surface area contributed by atoms with Crippen LogP contribution < -0.4 is 11.1 Å². The number of nitrogens with two attached hydrogens (primary N) is 1. The Hall–Kier alpha value is -1.40. The van der Waals surface area contributed by atoms with E-state index in [1.165, 1.54) is 0 Å². The fourth-order valence-electron chi connectivity index (χ4n) is 2.00. The van der Waals surface area contributed by atoms with Crippen molar-refractivity contribution in [3.8, 4) is 0 Å². The number of nitrogens with one attached hydrogen (secondary N) is 1. The van der Waals surface area contributed by atoms with Crippen molar-refractivity contribution >= 4 is 11.6 Å². The summed E-state index contributed by atoms with van der Waals surface area (Å²) in [5.74, 6) is 2.47. The monoisotopic (exact) mass is 252 g/mol. The minimum Gasteiger partial charge on any atom is -0.384 e. The molecule has 0 spiro atoms. The minimum atomic E-state index is 0.372. The van der Waals surface area contributed by atoms with E-state index in [0.29, 0.717) is 24.2 Å². The minimum absolute atomic E-state index is 0.372. The Morgan fingerprint density at radius 3 is 2.94 bits per heavy atom. The van der Waals surface area contributed by atoms with Crippen LogP contribution >= 0.6 is 0 Å². The highest BCUT2D eigenvalue weighted by Crippen LogP contribution is 2.16. The van der Waals surface area contributed by atoms with Gasteiger partial charge in [0.1, 0.15) is 18.2 Å². The first-order valence-corrected chi connectivity index (χ1v) is 6.22. The second kappa shape index (κ2) is 6.51. The molecule has 0 aliphatic carbocycles. The number of nitrogen functional groups attached to an aromatic ring is 1. The highest BCUT2D eigenvalue weighted by molar-refractivity contribution is 5.44. The lowest BCUT2D eigenvalue weighted by Gasteiger charge is -2.22. The Balaban J connectivity index is 1.91. The van der Waals surface area contributed by atoms with E-state index in [-0.39, 0.29) is 0 Å². The standard InChI is InChI=1S/C12H20N4O2/c1-17-8-12-15-10(13)6-11(16-12)14-7-9-2-4-18-5-3-9/h6,9H,2-5,7-8H2,1H3,(H3,13,14,15,16). The molecule has 1 fully saturated rings. The number of nitrogens with zero attached hydrogens (tertiary/aromatic N) is 2. The summed E-state index contributed by atoms with van der Waals surface area (Å²) in [4.78, 5) is 8.45. The zero-order valence-electron chi connectivity index (χ0n) is 10.7. The lowest BCUT2D eigenvalue weighted by atomic mass is 10.0. The summed E-state index contributed by atoms with van der Waals surface area (Å²) < 4.78 is 10.3. The van der Waals surface area contributed by atoms with Gasteiger partial charge < -0.3 is 20.5 Å². The van der Waals surface area contributed by atoms with Crippen molar-refractivity contribution in [2.75, 3.05) is 37.9 Å². The number of hydrogen-bond acceptors (Lipinski definition) is 6. The van der Waals surface area contributed by atoms with Crippen molar-refractivity contribution in [1.82, 2.24) is 9.97 Å². The Morgan fingerprint density at radius 1 is 1.44 bits per heavy atom. The maximum Gasteiger partial charge on any atom is 0.158 e. The van der Waals surface area contributed by atoms with Crippen LogP contribution in [0.1, 0.15) is 18.7 Å². The second-order valence-electron chi connectivity index (χ2n) is 4.46. The Labute approximate surface area is 107 Å². The van der Waals surface area contributed by atoms with Gasteiger partial charge in [-0.3, -0.25) is 0 Å². The first-order valence-electron chi connectivity index (χ1n) is 6.22. The summed E-state index contributed by atoms with van der Waals surface area (Å²) in [5.41, 5.74) is 5.73. The van der Waals surface area contributed by atoms with E-state index < -0.39 is 0 Å². The Kier molecular flexibility index (Phi) is 4.72. The largest absolute Gasteiger partial charge is 0.384 e. The van der Waals surface area contributed by atoms with Gasteiger partial charge in [0, 0.05) is 32.9 Å². The van der Waals surface area contributed by atoms with E-state index in [2.05, 4.69) is 15.3 Å². The molecule has 0 unspecified atom stereocenters. The third-order valence-electron chi connectivity index (χ3n) is 2.98. The highest BCUT2D eigenvalue weighted by atomic mass is 16.5. The normalized spacial score (nSPS) is 16.7. The van der Waals surface area contributed by atoms with E-state index >= 15 is 0 Å². The molecular weight excluding hydrogens is 232 g/mol. The Morgan fingerprint density at radius 2 is 2.22 bits per heavy atom. The van der Waals surface area contributed by atoms with Crippen molar-refractivity contribution in [3.63, 3.8) is 0 Å². The third kappa shape index (κ3) is 3.82. The maximum atomic E-state index is 5.73. The van der Waals surface area contributed by atoms with Crippen molar-refractivity contribution in [3.05, 3.63) is 11.9 Å². The average molecular weight is 252 g/mol. The number of hydrogen-bond donors (Lipinski definition) is 2. The van der Waals surface area contributed by atoms with E-state index in [9.17, 15) is 0 Å². The lowest BCUT2D eigenvalue weighted by Crippen LogP contribution is -2.23. The number of anilines is 2. The first-order chi connectivity index (χ1) is 8.78. The molecule has 1 aliphatic heterocycles. The lowest BCUT2D eigenvalue weighted by molar-refractivity contribution is 0.0699. The van der Waals surface area contributed by atoms with Gasteiger partial charge in [0.05, 0.1) is 0 Å². The van der Waals surface area contributed by atoms with Crippen molar-refractivity contribution < 1.29 is 9.47 Å². The van der Waals surface area contributed by atoms with Crippen LogP contribution in [0.3, 0.4) is 0 Å². The predicted molar refractivity (Wildman–Crippen MR) is 69.2 cm³/mol. The van der Waals surface area contributed by atoms with Gasteiger partial charge in [-0.25, -0.2) is 9.97 Å². The third-order valence-corrected chi connectivity index (χ3v) is 2.98. The van der Waals surface area contributed by atoms with Gasteiger partial charge >= 0.3 is 0 Å². The summed E-state index contributed by atoms with van der Waals surface area (Å²) in [7, 11) is 1.61. The summed E-state index contributed by atoms with van der Waals surface area (Å²) in [6, 6.07) is 1.75. The average Bonchev–Trinajstić information content (AvgIpc) is 2.37. The molecule has 6 heteroatoms. The van der Waals surface area contributed by atoms with Crippen LogP contribution in [-0.4, -0.2) is 36.8 Å². The zero-order chi connectivity index (χ0) is 12.8. The molecule has 6 nitrogen and oxygen atoms in total. The number of rotatable bonds is 5. The van der Waals surface area contributed by atoms with Crippen molar-refractivity contribution in [1.29, 1.82) is 0 Å². The number of ether oxygens (including phenoxy) is 2. The summed E-state index contributed by atoms with van der Waals surface area (Å²) in [6.45, 7) is 2.98. The maximum absolute atomic E-state index is 5.73. The smallest absolute Gasteiger partial charge is 0.158 e. The van der Waals surface area contributed by atoms with Gasteiger partial charge in [0.2, 0.25) is 0 Å². The summed E-state index contributed by atoms with van der Waals surface area (Å²) >= 11 is 0. The molecule has 3 N–H and O–H groups in total. The highest BCUT2D eigenvalue weighted by Gasteiger charge is 2.13. The molecule has 0 amide bonds. The molecule has 0 aromatic carbocycles. The second-order valence-corrected chi connectivity index (χ2v) is 4.46. The predicted octanol–water partition coefficient (Wildman–Crippen LogP) is 1.04. The van der Waals surface area contributed by atoms with Crippen LogP contribution in [0.2, 0.25) is 0 Å². The number of methoxy groups -OCH3 is 1. The molecule has 0 atom stereocenters. The molecule has 18 heavy (non-hydrogen) atoms. The van der Waals surface area contributed by atoms with Crippen molar-refractivity contribution in [2.45, 2.75) is 19.4 Å². The first kappa shape index (κ1) is 13.0. The molecule has 100 valence electrons. The fraction of sp³-hybridized carbons (Fsp3) is 0.667. The molecule has 1 aromatic heterocycles. The van der Waals surface area contributed by atoms with E-state index in [1.54, 1.807) is 13.2 Å². The van der Waals surface area contributed by atoms with Crippen LogP contribution in [0, 0.1) is 5.92 Å². The SMILES string of the molecule is COCc1nc(N)cc(NCC2CCOCC2)n1. The van der Waals surface area contributed by atoms with Gasteiger partial charge in [-0.1, -0.05) is 0 Å². The molecule has 1 aliphatic rings. The van der Waals surface area contributed by atoms with Crippen LogP contribution in [0.15, 0.2) is 6.07 Å². The van der Waals surface area contributed by atoms with Crippen LogP contribution in [0.5, 0.6) is 0 Å². The summed E-state index contributed by atoms with van der Waals surface area (Å²) in [6.07, 6.45) is 2.19. The zero-order valence-corrected chi connectivity index (χ0v) is 10.7. The molecule has 2 heterocycles. The number of aromatic nitrogens is 2. The van der Waals surface area contributed by atoms with Crippen LogP contribution in [-0.2, 0) is 16.1 Å².